The smallest absolute Gasteiger partial charge is 0.0640 e. The highest BCUT2D eigenvalue weighted by molar-refractivity contribution is 7.26. The molecule has 56 heavy (non-hydrogen) atoms. The molecule has 0 atom stereocenters. The lowest BCUT2D eigenvalue weighted by Gasteiger charge is -2.32. The minimum absolute atomic E-state index is 0.980. The molecule has 2 heterocycles. The topological polar surface area (TPSA) is 6.48 Å². The second-order valence-electron chi connectivity index (χ2n) is 14.7. The monoisotopic (exact) mass is 750 g/mol. The van der Waals surface area contributed by atoms with E-state index in [1.807, 2.05) is 22.7 Å². The van der Waals surface area contributed by atoms with E-state index >= 15 is 0 Å². The molecule has 1 aliphatic rings. The first-order valence-electron chi connectivity index (χ1n) is 19.3. The summed E-state index contributed by atoms with van der Waals surface area (Å²) in [5, 5.41) is 10.6. The molecule has 264 valence electrons. The van der Waals surface area contributed by atoms with Crippen LogP contribution in [0.1, 0.15) is 11.1 Å². The highest BCUT2D eigenvalue weighted by Gasteiger charge is 2.27. The molecule has 11 aromatic rings. The van der Waals surface area contributed by atoms with Crippen LogP contribution in [0, 0.1) is 0 Å². The number of anilines is 6. The number of hydrogen-bond donors (Lipinski definition) is 0. The van der Waals surface area contributed by atoms with Crippen molar-refractivity contribution in [1.82, 2.24) is 0 Å². The zero-order chi connectivity index (χ0) is 36.7. The second kappa shape index (κ2) is 12.5. The van der Waals surface area contributed by atoms with Crippen LogP contribution in [0.5, 0.6) is 0 Å². The fourth-order valence-corrected chi connectivity index (χ4v) is 11.7. The Morgan fingerprint density at radius 2 is 0.857 bits per heavy atom. The van der Waals surface area contributed by atoms with Gasteiger partial charge in [-0.25, -0.2) is 0 Å². The molecule has 1 aliphatic carbocycles. The zero-order valence-electron chi connectivity index (χ0n) is 30.4. The number of benzene rings is 9. The largest absolute Gasteiger partial charge is 0.309 e. The van der Waals surface area contributed by atoms with Crippen molar-refractivity contribution in [2.24, 2.45) is 0 Å². The van der Waals surface area contributed by atoms with E-state index in [-0.39, 0.29) is 0 Å². The van der Waals surface area contributed by atoms with Crippen LogP contribution in [-0.2, 0) is 12.8 Å². The summed E-state index contributed by atoms with van der Waals surface area (Å²) in [4.78, 5) is 5.03. The van der Waals surface area contributed by atoms with Gasteiger partial charge >= 0.3 is 0 Å². The van der Waals surface area contributed by atoms with Crippen molar-refractivity contribution in [1.29, 1.82) is 0 Å². The van der Waals surface area contributed by atoms with Gasteiger partial charge in [0.05, 0.1) is 32.1 Å². The molecule has 0 bridgehead atoms. The lowest BCUT2D eigenvalue weighted by atomic mass is 9.84. The number of rotatable bonds is 6. The third-order valence-corrected chi connectivity index (χ3v) is 14.1. The Bertz CT molecular complexity index is 3320. The maximum absolute atomic E-state index is 2.53. The summed E-state index contributed by atoms with van der Waals surface area (Å²) < 4.78 is 5.25. The van der Waals surface area contributed by atoms with Crippen LogP contribution in [-0.4, -0.2) is 0 Å². The Balaban J connectivity index is 1.13. The Hall–Kier alpha value is -6.46. The summed E-state index contributed by atoms with van der Waals surface area (Å²) in [6.07, 6.45) is 1.97. The molecule has 0 amide bonds. The van der Waals surface area contributed by atoms with Crippen LogP contribution < -0.4 is 9.80 Å². The maximum atomic E-state index is 2.53. The van der Waals surface area contributed by atoms with Gasteiger partial charge in [0.1, 0.15) is 0 Å². The number of fused-ring (bicyclic) bond motifs is 6. The van der Waals surface area contributed by atoms with Crippen molar-refractivity contribution in [2.45, 2.75) is 12.8 Å². The number of thiophene rings is 2. The molecule has 12 rings (SSSR count). The molecule has 4 heteroatoms. The molecule has 9 aromatic carbocycles. The summed E-state index contributed by atoms with van der Waals surface area (Å²) >= 11 is 3.78. The zero-order valence-corrected chi connectivity index (χ0v) is 32.1. The van der Waals surface area contributed by atoms with E-state index in [0.717, 1.165) is 18.5 Å². The molecule has 0 N–H and O–H groups in total. The fourth-order valence-electron chi connectivity index (χ4n) is 9.29. The first-order valence-corrected chi connectivity index (χ1v) is 20.9. The van der Waals surface area contributed by atoms with E-state index in [1.165, 1.54) is 101 Å². The van der Waals surface area contributed by atoms with Crippen LogP contribution in [0.15, 0.2) is 182 Å². The molecule has 2 nitrogen and oxygen atoms in total. The SMILES string of the molecule is c1ccc(N(c2ccc3ccc4c(N(c5ccccc5)c5cccc6c5sc5ccccc56)ccc5c4c3c2CC5)c2cccc3c2sc2ccccc23)cc1. The average molecular weight is 751 g/mol. The molecule has 0 unspecified atom stereocenters. The molecule has 0 saturated carbocycles. The van der Waals surface area contributed by atoms with Gasteiger partial charge < -0.3 is 9.80 Å². The number of aryl methyl sites for hydroxylation is 2. The Labute approximate surface area is 332 Å². The molecule has 0 fully saturated rings. The Kier molecular flexibility index (Phi) is 7.13. The van der Waals surface area contributed by atoms with Crippen molar-refractivity contribution >= 4 is 119 Å². The summed E-state index contributed by atoms with van der Waals surface area (Å²) in [5.74, 6) is 0. The van der Waals surface area contributed by atoms with Gasteiger partial charge in [0.2, 0.25) is 0 Å². The summed E-state index contributed by atoms with van der Waals surface area (Å²) in [7, 11) is 0. The van der Waals surface area contributed by atoms with Crippen LogP contribution in [0.25, 0.3) is 61.9 Å². The van der Waals surface area contributed by atoms with E-state index in [1.54, 1.807) is 0 Å². The Morgan fingerprint density at radius 3 is 1.48 bits per heavy atom. The first-order chi connectivity index (χ1) is 27.8. The lowest BCUT2D eigenvalue weighted by molar-refractivity contribution is 0.964. The van der Waals surface area contributed by atoms with Gasteiger partial charge in [0.15, 0.2) is 0 Å². The van der Waals surface area contributed by atoms with Gasteiger partial charge in [0.25, 0.3) is 0 Å². The van der Waals surface area contributed by atoms with Gasteiger partial charge in [-0.1, -0.05) is 121 Å². The van der Waals surface area contributed by atoms with E-state index in [9.17, 15) is 0 Å². The summed E-state index contributed by atoms with van der Waals surface area (Å²) in [6.45, 7) is 0. The normalized spacial score (nSPS) is 12.5. The second-order valence-corrected chi connectivity index (χ2v) is 16.8. The van der Waals surface area contributed by atoms with Crippen molar-refractivity contribution in [3.63, 3.8) is 0 Å². The molecular formula is C52H34N2S2. The molecule has 0 spiro atoms. The molecule has 0 saturated heterocycles. The molecule has 0 aliphatic heterocycles. The van der Waals surface area contributed by atoms with Gasteiger partial charge in [-0.2, -0.15) is 0 Å². The third kappa shape index (κ3) is 4.73. The lowest BCUT2D eigenvalue weighted by Crippen LogP contribution is -2.15. The Morgan fingerprint density at radius 1 is 0.339 bits per heavy atom. The van der Waals surface area contributed by atoms with Gasteiger partial charge in [-0.05, 0) is 101 Å². The maximum Gasteiger partial charge on any atom is 0.0640 e. The van der Waals surface area contributed by atoms with Crippen molar-refractivity contribution < 1.29 is 0 Å². The fraction of sp³-hybridized carbons (Fsp3) is 0.0385. The van der Waals surface area contributed by atoms with E-state index < -0.39 is 0 Å². The average Bonchev–Trinajstić information content (AvgIpc) is 3.84. The van der Waals surface area contributed by atoms with Crippen LogP contribution in [0.2, 0.25) is 0 Å². The number of hydrogen-bond acceptors (Lipinski definition) is 4. The van der Waals surface area contributed by atoms with E-state index in [0.29, 0.717) is 0 Å². The summed E-state index contributed by atoms with van der Waals surface area (Å²) in [5.41, 5.74) is 10.1. The van der Waals surface area contributed by atoms with Gasteiger partial charge in [-0.15, -0.1) is 22.7 Å². The van der Waals surface area contributed by atoms with Crippen LogP contribution >= 0.6 is 22.7 Å². The third-order valence-electron chi connectivity index (χ3n) is 11.7. The summed E-state index contributed by atoms with van der Waals surface area (Å²) in [6, 6.07) is 67.3. The van der Waals surface area contributed by atoms with E-state index in [2.05, 4.69) is 192 Å². The predicted molar refractivity (Wildman–Crippen MR) is 244 cm³/mol. The first kappa shape index (κ1) is 31.8. The standard InChI is InChI=1S/C52H34N2S2/c1-3-13-35(14-4-1)53(45-21-11-19-39-37-17-7-9-23-47(37)55-51(39)45)43-31-27-33-26-30-42-44(32-28-34-25-29-41(43)49(33)50(34)42)54(36-15-5-2-6-16-36)46-22-12-20-40-38-18-8-10-24-48(38)56-52(40)46/h1-25,27-29,31-32H,26,30H2. The number of nitrogens with zero attached hydrogens (tertiary/aromatic N) is 2. The van der Waals surface area contributed by atoms with Gasteiger partial charge in [-0.3, -0.25) is 0 Å². The molecular weight excluding hydrogens is 717 g/mol. The highest BCUT2D eigenvalue weighted by Crippen LogP contribution is 2.51. The van der Waals surface area contributed by atoms with Crippen molar-refractivity contribution in [3.8, 4) is 0 Å². The van der Waals surface area contributed by atoms with Crippen molar-refractivity contribution in [2.75, 3.05) is 9.80 Å². The van der Waals surface area contributed by atoms with Gasteiger partial charge in [0, 0.05) is 47.7 Å². The minimum atomic E-state index is 0.980. The molecule has 2 aromatic heterocycles. The van der Waals surface area contributed by atoms with Crippen LogP contribution in [0.3, 0.4) is 0 Å². The predicted octanol–water partition coefficient (Wildman–Crippen LogP) is 15.8. The quantitative estimate of drug-likeness (QED) is 0.156. The molecule has 0 radical (unpaired) electrons. The number of para-hydroxylation sites is 2. The minimum Gasteiger partial charge on any atom is -0.309 e. The highest BCUT2D eigenvalue weighted by atomic mass is 32.1. The van der Waals surface area contributed by atoms with Crippen LogP contribution in [0.4, 0.5) is 34.1 Å². The van der Waals surface area contributed by atoms with Crippen molar-refractivity contribution in [3.05, 3.63) is 193 Å². The van der Waals surface area contributed by atoms with E-state index in [4.69, 9.17) is 0 Å².